The van der Waals surface area contributed by atoms with E-state index in [-0.39, 0.29) is 40.0 Å². The Hall–Kier alpha value is -2.86. The molecule has 176 valence electrons. The van der Waals surface area contributed by atoms with Gasteiger partial charge in [-0.25, -0.2) is 13.3 Å². The molecule has 0 saturated carbocycles. The van der Waals surface area contributed by atoms with Crippen LogP contribution in [0.25, 0.3) is 6.08 Å². The van der Waals surface area contributed by atoms with Crippen LogP contribution in [0.2, 0.25) is 10.0 Å². The quantitative estimate of drug-likeness (QED) is 0.334. The molecule has 0 aliphatic carbocycles. The van der Waals surface area contributed by atoms with Gasteiger partial charge in [-0.1, -0.05) is 29.3 Å². The van der Waals surface area contributed by atoms with Gasteiger partial charge in [0.05, 0.1) is 22.5 Å². The lowest BCUT2D eigenvalue weighted by Gasteiger charge is -2.23. The van der Waals surface area contributed by atoms with Crippen LogP contribution in [-0.4, -0.2) is 54.9 Å². The van der Waals surface area contributed by atoms with Crippen LogP contribution in [-0.2, 0) is 14.6 Å². The summed E-state index contributed by atoms with van der Waals surface area (Å²) in [5, 5.41) is 8.95. The highest BCUT2D eigenvalue weighted by Gasteiger charge is 2.41. The number of hydrogen-bond acceptors (Lipinski definition) is 8. The van der Waals surface area contributed by atoms with Crippen LogP contribution in [0.5, 0.6) is 11.5 Å². The Labute approximate surface area is 209 Å². The van der Waals surface area contributed by atoms with E-state index < -0.39 is 15.7 Å². The first kappa shape index (κ1) is 24.3. The fourth-order valence-corrected chi connectivity index (χ4v) is 5.18. The topological polar surface area (TPSA) is 121 Å². The van der Waals surface area contributed by atoms with Crippen LogP contribution >= 0.6 is 35.1 Å². The SMILES string of the molecule is CS(=O)(=O)C1=NSC2=NC(=O)/C(=C\c3ccc(OCCOc4ccc(Cl)cc4)c(Cl)c3)C(=N)N21. The number of nitrogens with one attached hydrogen (secondary N) is 1. The monoisotopic (exact) mass is 538 g/mol. The average molecular weight is 539 g/mol. The molecular formula is C21H16Cl2N4O5S2. The molecule has 0 bridgehead atoms. The maximum atomic E-state index is 12.5. The Kier molecular flexibility index (Phi) is 6.99. The van der Waals surface area contributed by atoms with Gasteiger partial charge in [0, 0.05) is 11.3 Å². The van der Waals surface area contributed by atoms with Gasteiger partial charge in [0.1, 0.15) is 30.5 Å². The van der Waals surface area contributed by atoms with Gasteiger partial charge in [0.2, 0.25) is 20.2 Å². The maximum absolute atomic E-state index is 12.5. The van der Waals surface area contributed by atoms with E-state index in [9.17, 15) is 13.2 Å². The van der Waals surface area contributed by atoms with Gasteiger partial charge < -0.3 is 9.47 Å². The van der Waals surface area contributed by atoms with Crippen molar-refractivity contribution in [3.05, 3.63) is 63.6 Å². The zero-order valence-corrected chi connectivity index (χ0v) is 20.6. The third kappa shape index (κ3) is 5.27. The lowest BCUT2D eigenvalue weighted by molar-refractivity contribution is -0.114. The van der Waals surface area contributed by atoms with E-state index in [0.29, 0.717) is 22.1 Å². The van der Waals surface area contributed by atoms with Crippen molar-refractivity contribution in [2.75, 3.05) is 19.5 Å². The van der Waals surface area contributed by atoms with E-state index in [4.69, 9.17) is 38.1 Å². The maximum Gasteiger partial charge on any atom is 0.283 e. The smallest absolute Gasteiger partial charge is 0.283 e. The van der Waals surface area contributed by atoms with Gasteiger partial charge in [0.25, 0.3) is 5.91 Å². The van der Waals surface area contributed by atoms with E-state index in [1.165, 1.54) is 6.08 Å². The van der Waals surface area contributed by atoms with Crippen molar-refractivity contribution in [2.45, 2.75) is 0 Å². The molecule has 0 spiro atoms. The second kappa shape index (κ2) is 9.79. The number of halogens is 2. The lowest BCUT2D eigenvalue weighted by Crippen LogP contribution is -2.45. The Morgan fingerprint density at radius 3 is 2.50 bits per heavy atom. The zero-order chi connectivity index (χ0) is 24.5. The molecule has 4 rings (SSSR count). The van der Waals surface area contributed by atoms with Crippen LogP contribution in [0.4, 0.5) is 0 Å². The molecule has 9 nitrogen and oxygen atoms in total. The first-order valence-electron chi connectivity index (χ1n) is 9.63. The molecule has 2 aliphatic heterocycles. The zero-order valence-electron chi connectivity index (χ0n) is 17.5. The van der Waals surface area contributed by atoms with Crippen molar-refractivity contribution in [2.24, 2.45) is 9.39 Å². The number of nitrogens with zero attached hydrogens (tertiary/aromatic N) is 3. The van der Waals surface area contributed by atoms with Crippen molar-refractivity contribution in [1.82, 2.24) is 4.90 Å². The third-order valence-electron chi connectivity index (χ3n) is 4.52. The van der Waals surface area contributed by atoms with Crippen LogP contribution in [0.15, 0.2) is 57.4 Å². The summed E-state index contributed by atoms with van der Waals surface area (Å²) < 4.78 is 39.0. The molecular weight excluding hydrogens is 523 g/mol. The Balaban J connectivity index is 1.44. The Morgan fingerprint density at radius 2 is 1.82 bits per heavy atom. The second-order valence-corrected chi connectivity index (χ2v) is 10.5. The van der Waals surface area contributed by atoms with Crippen LogP contribution < -0.4 is 9.47 Å². The minimum atomic E-state index is -3.72. The summed E-state index contributed by atoms with van der Waals surface area (Å²) in [4.78, 5) is 17.3. The van der Waals surface area contributed by atoms with E-state index in [1.54, 1.807) is 42.5 Å². The van der Waals surface area contributed by atoms with Crippen LogP contribution in [0.3, 0.4) is 0 Å². The Bertz CT molecular complexity index is 1370. The van der Waals surface area contributed by atoms with Gasteiger partial charge in [0.15, 0.2) is 0 Å². The third-order valence-corrected chi connectivity index (χ3v) is 6.82. The van der Waals surface area contributed by atoms with Gasteiger partial charge in [-0.05, 0) is 48.0 Å². The summed E-state index contributed by atoms with van der Waals surface area (Å²) >= 11 is 12.9. The second-order valence-electron chi connectivity index (χ2n) is 7.02. The number of amidine groups is 3. The summed E-state index contributed by atoms with van der Waals surface area (Å²) in [5.41, 5.74) is 0.412. The van der Waals surface area contributed by atoms with Gasteiger partial charge in [-0.15, -0.1) is 0 Å². The number of fused-ring (bicyclic) bond motifs is 1. The highest BCUT2D eigenvalue weighted by molar-refractivity contribution is 8.16. The summed E-state index contributed by atoms with van der Waals surface area (Å²) in [6, 6.07) is 11.8. The first-order valence-corrected chi connectivity index (χ1v) is 13.0. The molecule has 0 aromatic heterocycles. The van der Waals surface area contributed by atoms with E-state index in [0.717, 1.165) is 23.1 Å². The lowest BCUT2D eigenvalue weighted by atomic mass is 10.1. The molecule has 2 aliphatic rings. The number of ether oxygens (including phenoxy) is 2. The van der Waals surface area contributed by atoms with Crippen LogP contribution in [0, 0.1) is 5.41 Å². The number of hydrogen-bond donors (Lipinski definition) is 1. The van der Waals surface area contributed by atoms with Gasteiger partial charge in [-0.3, -0.25) is 10.2 Å². The first-order chi connectivity index (χ1) is 16.1. The molecule has 13 heteroatoms. The molecule has 2 heterocycles. The molecule has 0 radical (unpaired) electrons. The van der Waals surface area contributed by atoms with Gasteiger partial charge >= 0.3 is 0 Å². The highest BCUT2D eigenvalue weighted by Crippen LogP contribution is 2.31. The predicted molar refractivity (Wildman–Crippen MR) is 134 cm³/mol. The van der Waals surface area contributed by atoms with Crippen molar-refractivity contribution in [3.63, 3.8) is 0 Å². The Morgan fingerprint density at radius 1 is 1.12 bits per heavy atom. The molecule has 1 N–H and O–H groups in total. The van der Waals surface area contributed by atoms with Gasteiger partial charge in [-0.2, -0.15) is 9.39 Å². The fourth-order valence-electron chi connectivity index (χ4n) is 2.97. The standard InChI is InChI=1S/C21H16Cl2N4O5S2/c1-34(29,30)21-26-33-20-25-19(28)15(18(24)27(20)21)10-12-2-7-17(16(23)11-12)32-9-8-31-14-5-3-13(22)4-6-14/h2-7,10-11,24H,8-9H2,1H3/b15-10-,24-18?. The number of benzene rings is 2. The predicted octanol–water partition coefficient (Wildman–Crippen LogP) is 4.07. The summed E-state index contributed by atoms with van der Waals surface area (Å²) in [6.45, 7) is 0.525. The minimum absolute atomic E-state index is 0.0233. The summed E-state index contributed by atoms with van der Waals surface area (Å²) in [5.74, 6) is 0.0627. The van der Waals surface area contributed by atoms with Crippen molar-refractivity contribution in [3.8, 4) is 11.5 Å². The van der Waals surface area contributed by atoms with Crippen molar-refractivity contribution >= 4 is 73.1 Å². The molecule has 2 aromatic carbocycles. The molecule has 34 heavy (non-hydrogen) atoms. The van der Waals surface area contributed by atoms with E-state index in [2.05, 4.69) is 9.39 Å². The highest BCUT2D eigenvalue weighted by atomic mass is 35.5. The summed E-state index contributed by atoms with van der Waals surface area (Å²) in [7, 11) is -3.72. The molecule has 0 saturated heterocycles. The normalized spacial score (nSPS) is 16.9. The number of carbonyl (C=O) groups is 1. The number of amides is 1. The van der Waals surface area contributed by atoms with Crippen molar-refractivity contribution in [1.29, 1.82) is 5.41 Å². The van der Waals surface area contributed by atoms with E-state index in [1.807, 2.05) is 0 Å². The average Bonchev–Trinajstić information content (AvgIpc) is 3.21. The molecule has 0 unspecified atom stereocenters. The number of carbonyl (C=O) groups excluding carboxylic acids is 1. The summed E-state index contributed by atoms with van der Waals surface area (Å²) in [6.07, 6.45) is 2.38. The van der Waals surface area contributed by atoms with Crippen molar-refractivity contribution < 1.29 is 22.7 Å². The molecule has 2 aromatic rings. The number of sulfone groups is 1. The van der Waals surface area contributed by atoms with E-state index >= 15 is 0 Å². The van der Waals surface area contributed by atoms with Crippen LogP contribution in [0.1, 0.15) is 5.56 Å². The molecule has 0 fully saturated rings. The fraction of sp³-hybridized carbons (Fsp3) is 0.143. The number of rotatable bonds is 6. The molecule has 0 atom stereocenters. The molecule has 1 amide bonds. The largest absolute Gasteiger partial charge is 0.490 e. The minimum Gasteiger partial charge on any atom is -0.490 e. The number of aliphatic imine (C=N–C) groups is 1.